The maximum absolute atomic E-state index is 11.3. The van der Waals surface area contributed by atoms with Crippen LogP contribution in [0.2, 0.25) is 0 Å². The zero-order chi connectivity index (χ0) is 14.1. The van der Waals surface area contributed by atoms with E-state index in [1.54, 1.807) is 6.26 Å². The van der Waals surface area contributed by atoms with Crippen LogP contribution >= 0.6 is 0 Å². The monoisotopic (exact) mass is 289 g/mol. The van der Waals surface area contributed by atoms with Crippen LogP contribution in [0.5, 0.6) is 0 Å². The lowest BCUT2D eigenvalue weighted by molar-refractivity contribution is 0.241. The number of aryl methyl sites for hydroxylation is 1. The second-order valence-corrected chi connectivity index (χ2v) is 5.87. The van der Waals surface area contributed by atoms with Gasteiger partial charge in [-0.25, -0.2) is 17.9 Å². The van der Waals surface area contributed by atoms with Gasteiger partial charge in [-0.15, -0.1) is 0 Å². The highest BCUT2D eigenvalue weighted by Crippen LogP contribution is 2.02. The van der Waals surface area contributed by atoms with Crippen molar-refractivity contribution in [3.63, 3.8) is 0 Å². The Morgan fingerprint density at radius 2 is 2.00 bits per heavy atom. The summed E-state index contributed by atoms with van der Waals surface area (Å²) >= 11 is 0. The molecule has 0 aliphatic carbocycles. The standard InChI is InChI=1S/C11H19N3O4S/c1-19(16,17)14-8-7-13-11(15)12-6-2-4-10-5-3-9-18-10/h3,5,9,14H,2,4,6-8H2,1H3,(H2,12,13,15). The van der Waals surface area contributed by atoms with Crippen molar-refractivity contribution < 1.29 is 17.6 Å². The molecule has 1 aromatic rings. The van der Waals surface area contributed by atoms with Crippen molar-refractivity contribution in [3.05, 3.63) is 24.2 Å². The minimum absolute atomic E-state index is 0.179. The fourth-order valence-electron chi connectivity index (χ4n) is 1.39. The summed E-state index contributed by atoms with van der Waals surface area (Å²) in [6, 6.07) is 3.40. The number of carbonyl (C=O) groups excluding carboxylic acids is 1. The maximum Gasteiger partial charge on any atom is 0.314 e. The molecule has 7 nitrogen and oxygen atoms in total. The third kappa shape index (κ3) is 8.22. The Labute approximate surface area is 112 Å². The first-order chi connectivity index (χ1) is 8.97. The summed E-state index contributed by atoms with van der Waals surface area (Å²) in [4.78, 5) is 11.3. The Bertz CT molecular complexity index is 470. The van der Waals surface area contributed by atoms with Gasteiger partial charge in [0.25, 0.3) is 0 Å². The lowest BCUT2D eigenvalue weighted by Crippen LogP contribution is -2.40. The second-order valence-electron chi connectivity index (χ2n) is 4.03. The minimum Gasteiger partial charge on any atom is -0.469 e. The molecule has 0 atom stereocenters. The molecule has 0 aliphatic heterocycles. The summed E-state index contributed by atoms with van der Waals surface area (Å²) in [6.45, 7) is 0.960. The van der Waals surface area contributed by atoms with Crippen LogP contribution in [0.4, 0.5) is 4.79 Å². The highest BCUT2D eigenvalue weighted by Gasteiger charge is 2.02. The van der Waals surface area contributed by atoms with E-state index in [9.17, 15) is 13.2 Å². The molecule has 1 heterocycles. The van der Waals surface area contributed by atoms with Gasteiger partial charge in [0.2, 0.25) is 10.0 Å². The molecule has 1 aromatic heterocycles. The first-order valence-electron chi connectivity index (χ1n) is 5.96. The SMILES string of the molecule is CS(=O)(=O)NCCNC(=O)NCCCc1ccco1. The van der Waals surface area contributed by atoms with E-state index in [2.05, 4.69) is 15.4 Å². The maximum atomic E-state index is 11.3. The van der Waals surface area contributed by atoms with Gasteiger partial charge in [0, 0.05) is 26.1 Å². The van der Waals surface area contributed by atoms with E-state index in [1.165, 1.54) is 0 Å². The molecule has 0 saturated carbocycles. The number of furan rings is 1. The molecular formula is C11H19N3O4S. The van der Waals surface area contributed by atoms with Gasteiger partial charge in [0.15, 0.2) is 0 Å². The molecule has 1 rings (SSSR count). The number of nitrogens with one attached hydrogen (secondary N) is 3. The molecule has 2 amide bonds. The van der Waals surface area contributed by atoms with Crippen LogP contribution < -0.4 is 15.4 Å². The Morgan fingerprint density at radius 3 is 2.63 bits per heavy atom. The molecule has 3 N–H and O–H groups in total. The Kier molecular flexibility index (Phi) is 6.37. The quantitative estimate of drug-likeness (QED) is 0.589. The Morgan fingerprint density at radius 1 is 1.26 bits per heavy atom. The highest BCUT2D eigenvalue weighted by atomic mass is 32.2. The van der Waals surface area contributed by atoms with Crippen molar-refractivity contribution in [2.75, 3.05) is 25.9 Å². The van der Waals surface area contributed by atoms with Gasteiger partial charge in [-0.05, 0) is 18.6 Å². The van der Waals surface area contributed by atoms with E-state index in [1.807, 2.05) is 12.1 Å². The van der Waals surface area contributed by atoms with Gasteiger partial charge in [0.1, 0.15) is 5.76 Å². The second kappa shape index (κ2) is 7.80. The van der Waals surface area contributed by atoms with Crippen LogP contribution in [0, 0.1) is 0 Å². The van der Waals surface area contributed by atoms with E-state index < -0.39 is 10.0 Å². The number of carbonyl (C=O) groups is 1. The van der Waals surface area contributed by atoms with Gasteiger partial charge in [0.05, 0.1) is 12.5 Å². The van der Waals surface area contributed by atoms with Gasteiger partial charge in [-0.2, -0.15) is 0 Å². The largest absolute Gasteiger partial charge is 0.469 e. The van der Waals surface area contributed by atoms with E-state index >= 15 is 0 Å². The average Bonchev–Trinajstić information content (AvgIpc) is 2.82. The Balaban J connectivity index is 1.99. The van der Waals surface area contributed by atoms with Crippen molar-refractivity contribution in [2.24, 2.45) is 0 Å². The molecule has 0 unspecified atom stereocenters. The zero-order valence-corrected chi connectivity index (χ0v) is 11.6. The van der Waals surface area contributed by atoms with Crippen LogP contribution in [0.1, 0.15) is 12.2 Å². The van der Waals surface area contributed by atoms with Crippen LogP contribution in [0.15, 0.2) is 22.8 Å². The number of amides is 2. The van der Waals surface area contributed by atoms with Crippen LogP contribution in [0.3, 0.4) is 0 Å². The number of hydrogen-bond acceptors (Lipinski definition) is 4. The lowest BCUT2D eigenvalue weighted by atomic mass is 10.2. The summed E-state index contributed by atoms with van der Waals surface area (Å²) in [5.41, 5.74) is 0. The van der Waals surface area contributed by atoms with Crippen molar-refractivity contribution in [3.8, 4) is 0 Å². The summed E-state index contributed by atoms with van der Waals surface area (Å²) in [6.07, 6.45) is 4.23. The van der Waals surface area contributed by atoms with Crippen molar-refractivity contribution in [1.82, 2.24) is 15.4 Å². The predicted molar refractivity (Wildman–Crippen MR) is 71.3 cm³/mol. The molecule has 0 bridgehead atoms. The highest BCUT2D eigenvalue weighted by molar-refractivity contribution is 7.88. The van der Waals surface area contributed by atoms with Crippen molar-refractivity contribution >= 4 is 16.1 Å². The number of hydrogen-bond donors (Lipinski definition) is 3. The molecule has 0 aliphatic rings. The first kappa shape index (κ1) is 15.5. The van der Waals surface area contributed by atoms with E-state index in [4.69, 9.17) is 4.42 Å². The van der Waals surface area contributed by atoms with Crippen molar-refractivity contribution in [2.45, 2.75) is 12.8 Å². The molecule has 0 radical (unpaired) electrons. The molecule has 8 heteroatoms. The molecule has 19 heavy (non-hydrogen) atoms. The van der Waals surface area contributed by atoms with E-state index in [-0.39, 0.29) is 19.1 Å². The van der Waals surface area contributed by atoms with Gasteiger partial charge in [-0.3, -0.25) is 0 Å². The molecule has 108 valence electrons. The van der Waals surface area contributed by atoms with E-state index in [0.29, 0.717) is 6.54 Å². The topological polar surface area (TPSA) is 100 Å². The first-order valence-corrected chi connectivity index (χ1v) is 7.85. The summed E-state index contributed by atoms with van der Waals surface area (Å²) in [5.74, 6) is 0.888. The molecule has 0 fully saturated rings. The molecule has 0 spiro atoms. The normalized spacial score (nSPS) is 11.2. The predicted octanol–water partition coefficient (Wildman–Crippen LogP) is 0.0606. The number of sulfonamides is 1. The molecular weight excluding hydrogens is 270 g/mol. The van der Waals surface area contributed by atoms with Gasteiger partial charge in [-0.1, -0.05) is 0 Å². The van der Waals surface area contributed by atoms with Gasteiger partial charge < -0.3 is 15.1 Å². The summed E-state index contributed by atoms with van der Waals surface area (Å²) in [5, 5.41) is 5.22. The third-order valence-corrected chi connectivity index (χ3v) is 2.97. The fourth-order valence-corrected chi connectivity index (χ4v) is 1.87. The Hall–Kier alpha value is -1.54. The smallest absolute Gasteiger partial charge is 0.314 e. The average molecular weight is 289 g/mol. The molecule has 0 saturated heterocycles. The summed E-state index contributed by atoms with van der Waals surface area (Å²) < 4.78 is 28.9. The third-order valence-electron chi connectivity index (χ3n) is 2.24. The van der Waals surface area contributed by atoms with E-state index in [0.717, 1.165) is 24.9 Å². The number of urea groups is 1. The zero-order valence-electron chi connectivity index (χ0n) is 10.8. The van der Waals surface area contributed by atoms with Gasteiger partial charge >= 0.3 is 6.03 Å². The fraction of sp³-hybridized carbons (Fsp3) is 0.545. The van der Waals surface area contributed by atoms with Crippen LogP contribution in [0.25, 0.3) is 0 Å². The molecule has 0 aromatic carbocycles. The summed E-state index contributed by atoms with van der Waals surface area (Å²) in [7, 11) is -3.20. The number of rotatable bonds is 8. The lowest BCUT2D eigenvalue weighted by Gasteiger charge is -2.07. The minimum atomic E-state index is -3.20. The van der Waals surface area contributed by atoms with Crippen molar-refractivity contribution in [1.29, 1.82) is 0 Å². The van der Waals surface area contributed by atoms with Crippen LogP contribution in [-0.2, 0) is 16.4 Å². The van der Waals surface area contributed by atoms with Crippen LogP contribution in [-0.4, -0.2) is 40.3 Å².